The number of ether oxygens (including phenoxy) is 1. The van der Waals surface area contributed by atoms with Gasteiger partial charge in [-0.3, -0.25) is 0 Å². The zero-order valence-electron chi connectivity index (χ0n) is 8.34. The van der Waals surface area contributed by atoms with Gasteiger partial charge in [0.2, 0.25) is 0 Å². The Morgan fingerprint density at radius 2 is 2.13 bits per heavy atom. The fourth-order valence-electron chi connectivity index (χ4n) is 0.989. The first-order valence-electron chi connectivity index (χ1n) is 4.22. The van der Waals surface area contributed by atoms with Gasteiger partial charge in [0, 0.05) is 0 Å². The van der Waals surface area contributed by atoms with Crippen LogP contribution in [0.2, 0.25) is 0 Å². The van der Waals surface area contributed by atoms with Gasteiger partial charge in [0.25, 0.3) is 0 Å². The zero-order valence-corrected chi connectivity index (χ0v) is 8.34. The molecule has 86 valence electrons. The largest absolute Gasteiger partial charge is 0.479 e. The predicted octanol–water partition coefficient (Wildman–Crippen LogP) is -0.698. The summed E-state index contributed by atoms with van der Waals surface area (Å²) in [5.41, 5.74) is -2.54. The molecular formula is C9H14O6. The summed E-state index contributed by atoms with van der Waals surface area (Å²) in [4.78, 5) is 21.6. The predicted molar refractivity (Wildman–Crippen MR) is 50.0 cm³/mol. The highest BCUT2D eigenvalue weighted by atomic mass is 16.5. The Labute approximate surface area is 86.8 Å². The molecule has 15 heavy (non-hydrogen) atoms. The van der Waals surface area contributed by atoms with E-state index in [1.807, 2.05) is 0 Å². The molecule has 2 atom stereocenters. The van der Waals surface area contributed by atoms with Gasteiger partial charge < -0.3 is 20.1 Å². The van der Waals surface area contributed by atoms with E-state index in [9.17, 15) is 19.8 Å². The topological polar surface area (TPSA) is 104 Å². The first-order chi connectivity index (χ1) is 6.90. The number of esters is 1. The second-order valence-electron chi connectivity index (χ2n) is 2.98. The van der Waals surface area contributed by atoms with Crippen LogP contribution in [0.5, 0.6) is 0 Å². The number of aliphatic hydroxyl groups excluding tert-OH is 1. The fraction of sp³-hybridized carbons (Fsp3) is 0.556. The lowest BCUT2D eigenvalue weighted by Crippen LogP contribution is -2.53. The number of methoxy groups -OCH3 is 1. The summed E-state index contributed by atoms with van der Waals surface area (Å²) in [6.07, 6.45) is -0.906. The van der Waals surface area contributed by atoms with Gasteiger partial charge in [0.1, 0.15) is 0 Å². The summed E-state index contributed by atoms with van der Waals surface area (Å²) in [6.45, 7) is 3.35. The van der Waals surface area contributed by atoms with Gasteiger partial charge in [-0.1, -0.05) is 6.08 Å². The molecule has 2 unspecified atom stereocenters. The van der Waals surface area contributed by atoms with Gasteiger partial charge in [0.15, 0.2) is 11.7 Å². The lowest BCUT2D eigenvalue weighted by Gasteiger charge is -2.26. The van der Waals surface area contributed by atoms with Crippen LogP contribution in [0.25, 0.3) is 0 Å². The third-order valence-electron chi connectivity index (χ3n) is 1.98. The van der Waals surface area contributed by atoms with Crippen molar-refractivity contribution in [2.45, 2.75) is 24.5 Å². The van der Waals surface area contributed by atoms with Crippen LogP contribution in [0.3, 0.4) is 0 Å². The number of aliphatic hydroxyl groups is 2. The molecule has 6 heteroatoms. The Morgan fingerprint density at radius 3 is 2.47 bits per heavy atom. The molecule has 0 amide bonds. The molecule has 3 N–H and O–H groups in total. The minimum atomic E-state index is -2.54. The summed E-state index contributed by atoms with van der Waals surface area (Å²) in [6, 6.07) is 0. The van der Waals surface area contributed by atoms with E-state index in [2.05, 4.69) is 11.3 Å². The molecular weight excluding hydrogens is 204 g/mol. The van der Waals surface area contributed by atoms with E-state index < -0.39 is 23.6 Å². The van der Waals surface area contributed by atoms with Crippen molar-refractivity contribution in [1.29, 1.82) is 0 Å². The minimum Gasteiger partial charge on any atom is -0.479 e. The van der Waals surface area contributed by atoms with Crippen molar-refractivity contribution in [2.75, 3.05) is 7.11 Å². The highest BCUT2D eigenvalue weighted by Crippen LogP contribution is 2.19. The molecule has 0 aromatic heterocycles. The van der Waals surface area contributed by atoms with Gasteiger partial charge in [-0.2, -0.15) is 0 Å². The van der Waals surface area contributed by atoms with Crippen LogP contribution in [-0.2, 0) is 14.3 Å². The van der Waals surface area contributed by atoms with Crippen molar-refractivity contribution >= 4 is 11.9 Å². The number of carbonyl (C=O) groups is 2. The number of carbonyl (C=O) groups excluding carboxylic acids is 1. The van der Waals surface area contributed by atoms with E-state index in [4.69, 9.17) is 5.11 Å². The van der Waals surface area contributed by atoms with Crippen LogP contribution in [0.15, 0.2) is 12.7 Å². The standard InChI is InChI=1S/C9H14O6/c1-3-4-5-9(14,8(12)13)6(10)7(11)15-2/h3,6,10,14H,1,4-5H2,2H3,(H,12,13). The van der Waals surface area contributed by atoms with E-state index in [1.54, 1.807) is 0 Å². The van der Waals surface area contributed by atoms with Gasteiger partial charge in [-0.15, -0.1) is 6.58 Å². The van der Waals surface area contributed by atoms with Gasteiger partial charge in [0.05, 0.1) is 7.11 Å². The highest BCUT2D eigenvalue weighted by Gasteiger charge is 2.47. The Bertz CT molecular complexity index is 261. The second kappa shape index (κ2) is 5.47. The molecule has 0 aliphatic rings. The Balaban J connectivity index is 4.84. The molecule has 0 aromatic carbocycles. The monoisotopic (exact) mass is 218 g/mol. The number of carboxylic acid groups (broad SMARTS) is 1. The first-order valence-corrected chi connectivity index (χ1v) is 4.22. The molecule has 0 bridgehead atoms. The van der Waals surface area contributed by atoms with Crippen LogP contribution in [0.4, 0.5) is 0 Å². The highest BCUT2D eigenvalue weighted by molar-refractivity contribution is 5.87. The Kier molecular flexibility index (Phi) is 4.96. The van der Waals surface area contributed by atoms with Crippen molar-refractivity contribution in [1.82, 2.24) is 0 Å². The number of hydrogen-bond acceptors (Lipinski definition) is 5. The molecule has 0 heterocycles. The maximum absolute atomic E-state index is 10.9. The smallest absolute Gasteiger partial charge is 0.339 e. The third kappa shape index (κ3) is 3.03. The van der Waals surface area contributed by atoms with Gasteiger partial charge >= 0.3 is 11.9 Å². The van der Waals surface area contributed by atoms with Crippen molar-refractivity contribution in [3.63, 3.8) is 0 Å². The lowest BCUT2D eigenvalue weighted by molar-refractivity contribution is -0.185. The summed E-state index contributed by atoms with van der Waals surface area (Å²) < 4.78 is 4.15. The van der Waals surface area contributed by atoms with Gasteiger partial charge in [-0.25, -0.2) is 9.59 Å². The number of rotatable bonds is 6. The minimum absolute atomic E-state index is 0.150. The van der Waals surface area contributed by atoms with Crippen molar-refractivity contribution in [3.8, 4) is 0 Å². The van der Waals surface area contributed by atoms with E-state index in [-0.39, 0.29) is 12.8 Å². The molecule has 6 nitrogen and oxygen atoms in total. The van der Waals surface area contributed by atoms with E-state index in [0.29, 0.717) is 0 Å². The molecule has 0 aliphatic heterocycles. The Morgan fingerprint density at radius 1 is 1.60 bits per heavy atom. The van der Waals surface area contributed by atoms with E-state index >= 15 is 0 Å². The van der Waals surface area contributed by atoms with Crippen molar-refractivity contribution in [3.05, 3.63) is 12.7 Å². The molecule has 0 spiro atoms. The van der Waals surface area contributed by atoms with Crippen molar-refractivity contribution in [2.24, 2.45) is 0 Å². The molecule has 0 fully saturated rings. The van der Waals surface area contributed by atoms with Crippen LogP contribution in [0.1, 0.15) is 12.8 Å². The molecule has 0 aromatic rings. The third-order valence-corrected chi connectivity index (χ3v) is 1.98. The average molecular weight is 218 g/mol. The number of allylic oxidation sites excluding steroid dienone is 1. The number of aliphatic carboxylic acids is 1. The summed E-state index contributed by atoms with van der Waals surface area (Å²) in [7, 11) is 0.987. The number of hydrogen-bond donors (Lipinski definition) is 3. The molecule has 0 aliphatic carbocycles. The van der Waals surface area contributed by atoms with Crippen LogP contribution >= 0.6 is 0 Å². The van der Waals surface area contributed by atoms with Gasteiger partial charge in [-0.05, 0) is 12.8 Å². The number of carboxylic acids is 1. The van der Waals surface area contributed by atoms with E-state index in [1.165, 1.54) is 6.08 Å². The normalized spacial score (nSPS) is 16.2. The molecule has 0 saturated carbocycles. The molecule has 0 radical (unpaired) electrons. The fourth-order valence-corrected chi connectivity index (χ4v) is 0.989. The SMILES string of the molecule is C=CCCC(O)(C(=O)O)C(O)C(=O)OC. The maximum atomic E-state index is 10.9. The van der Waals surface area contributed by atoms with E-state index in [0.717, 1.165) is 7.11 Å². The second-order valence-corrected chi connectivity index (χ2v) is 2.98. The van der Waals surface area contributed by atoms with Crippen LogP contribution in [-0.4, -0.2) is 46.1 Å². The van der Waals surface area contributed by atoms with Crippen LogP contribution < -0.4 is 0 Å². The van der Waals surface area contributed by atoms with Crippen molar-refractivity contribution < 1.29 is 29.6 Å². The summed E-state index contributed by atoms with van der Waals surface area (Å²) >= 11 is 0. The van der Waals surface area contributed by atoms with Crippen LogP contribution in [0, 0.1) is 0 Å². The first kappa shape index (κ1) is 13.6. The Hall–Kier alpha value is -1.40. The summed E-state index contributed by atoms with van der Waals surface area (Å²) in [5, 5.41) is 27.6. The molecule has 0 saturated heterocycles. The molecule has 0 rings (SSSR count). The quantitative estimate of drug-likeness (QED) is 0.402. The average Bonchev–Trinajstić information content (AvgIpc) is 2.23. The zero-order chi connectivity index (χ0) is 12.1. The lowest BCUT2D eigenvalue weighted by atomic mass is 9.91. The maximum Gasteiger partial charge on any atom is 0.339 e. The summed E-state index contributed by atoms with van der Waals surface area (Å²) in [5.74, 6) is -2.87.